The molecule has 0 radical (unpaired) electrons. The van der Waals surface area contributed by atoms with Crippen LogP contribution in [0.15, 0.2) is 22.7 Å². The van der Waals surface area contributed by atoms with Gasteiger partial charge in [0, 0.05) is 43.0 Å². The zero-order chi connectivity index (χ0) is 19.0. The maximum absolute atomic E-state index is 13.8. The topological polar surface area (TPSA) is 80.5 Å². The molecule has 2 aliphatic heterocycles. The van der Waals surface area contributed by atoms with Crippen molar-refractivity contribution in [2.75, 3.05) is 31.6 Å². The Morgan fingerprint density at radius 1 is 1.33 bits per heavy atom. The first kappa shape index (κ1) is 17.9. The zero-order valence-corrected chi connectivity index (χ0v) is 15.5. The molecule has 3 heterocycles. The third kappa shape index (κ3) is 3.29. The Morgan fingerprint density at radius 3 is 2.81 bits per heavy atom. The van der Waals surface area contributed by atoms with Gasteiger partial charge in [-0.05, 0) is 38.8 Å². The summed E-state index contributed by atoms with van der Waals surface area (Å²) in [5, 5.41) is 6.76. The maximum Gasteiger partial charge on any atom is 0.321 e. The average Bonchev–Trinajstić information content (AvgIpc) is 3.23. The minimum Gasteiger partial charge on any atom is -0.381 e. The number of urea groups is 1. The Kier molecular flexibility index (Phi) is 4.59. The van der Waals surface area contributed by atoms with Crippen molar-refractivity contribution in [2.24, 2.45) is 5.41 Å². The number of aromatic nitrogens is 2. The number of halogens is 1. The van der Waals surface area contributed by atoms with Crippen LogP contribution in [0.5, 0.6) is 0 Å². The fourth-order valence-corrected chi connectivity index (χ4v) is 4.14. The van der Waals surface area contributed by atoms with E-state index in [0.29, 0.717) is 49.3 Å². The molecular formula is C19H23FN4O3. The summed E-state index contributed by atoms with van der Waals surface area (Å²) in [7, 11) is 0. The van der Waals surface area contributed by atoms with Crippen molar-refractivity contribution in [3.8, 4) is 0 Å². The fourth-order valence-electron chi connectivity index (χ4n) is 4.14. The molecule has 8 heteroatoms. The standard InChI is InChI=1S/C19H23FN4O3/c1-12-15(20)4-3-5-16(12)22-18(25)24-10-14(17-21-13(2)23-27-17)19(11-24)6-8-26-9-7-19/h3-5,14H,6-11H2,1-2H3,(H,22,25)/t14-/m0/s1. The third-order valence-electron chi connectivity index (χ3n) is 5.77. The minimum absolute atomic E-state index is 0.0260. The molecule has 0 unspecified atom stereocenters. The summed E-state index contributed by atoms with van der Waals surface area (Å²) >= 11 is 0. The van der Waals surface area contributed by atoms with Gasteiger partial charge in [0.1, 0.15) is 5.82 Å². The van der Waals surface area contributed by atoms with Gasteiger partial charge in [-0.3, -0.25) is 0 Å². The molecule has 2 fully saturated rings. The molecule has 0 aliphatic carbocycles. The van der Waals surface area contributed by atoms with E-state index in [9.17, 15) is 9.18 Å². The summed E-state index contributed by atoms with van der Waals surface area (Å²) in [6.07, 6.45) is 1.67. The van der Waals surface area contributed by atoms with E-state index in [1.165, 1.54) is 6.07 Å². The molecule has 0 bridgehead atoms. The molecule has 2 aromatic rings. The lowest BCUT2D eigenvalue weighted by atomic mass is 9.72. The highest BCUT2D eigenvalue weighted by molar-refractivity contribution is 5.90. The summed E-state index contributed by atoms with van der Waals surface area (Å²) in [6.45, 7) is 5.82. The number of rotatable bonds is 2. The quantitative estimate of drug-likeness (QED) is 0.873. The summed E-state index contributed by atoms with van der Waals surface area (Å²) in [5.41, 5.74) is 0.777. The second-order valence-corrected chi connectivity index (χ2v) is 7.43. The number of nitrogens with one attached hydrogen (secondary N) is 1. The molecule has 2 aliphatic rings. The van der Waals surface area contributed by atoms with E-state index in [1.54, 1.807) is 30.9 Å². The third-order valence-corrected chi connectivity index (χ3v) is 5.77. The molecular weight excluding hydrogens is 351 g/mol. The molecule has 1 aromatic heterocycles. The highest BCUT2D eigenvalue weighted by Crippen LogP contribution is 2.49. The van der Waals surface area contributed by atoms with Gasteiger partial charge < -0.3 is 19.5 Å². The first-order valence-corrected chi connectivity index (χ1v) is 9.17. The molecule has 4 rings (SSSR count). The van der Waals surface area contributed by atoms with Gasteiger partial charge in [-0.1, -0.05) is 11.2 Å². The number of carbonyl (C=O) groups is 1. The summed E-state index contributed by atoms with van der Waals surface area (Å²) in [6, 6.07) is 4.43. The van der Waals surface area contributed by atoms with Crippen LogP contribution in [0.4, 0.5) is 14.9 Å². The predicted molar refractivity (Wildman–Crippen MR) is 96.0 cm³/mol. The van der Waals surface area contributed by atoms with Gasteiger partial charge in [-0.2, -0.15) is 4.98 Å². The second-order valence-electron chi connectivity index (χ2n) is 7.43. The lowest BCUT2D eigenvalue weighted by Gasteiger charge is -2.36. The molecule has 1 atom stereocenters. The highest BCUT2D eigenvalue weighted by atomic mass is 19.1. The number of carbonyl (C=O) groups excluding carboxylic acids is 1. The maximum atomic E-state index is 13.8. The summed E-state index contributed by atoms with van der Waals surface area (Å²) in [4.78, 5) is 19.1. The monoisotopic (exact) mass is 374 g/mol. The van der Waals surface area contributed by atoms with Crippen LogP contribution >= 0.6 is 0 Å². The molecule has 1 N–H and O–H groups in total. The van der Waals surface area contributed by atoms with Gasteiger partial charge in [-0.15, -0.1) is 0 Å². The first-order valence-electron chi connectivity index (χ1n) is 9.17. The van der Waals surface area contributed by atoms with E-state index in [1.807, 2.05) is 0 Å². The van der Waals surface area contributed by atoms with Crippen LogP contribution in [-0.2, 0) is 4.74 Å². The lowest BCUT2D eigenvalue weighted by Crippen LogP contribution is -2.38. The number of amides is 2. The number of nitrogens with zero attached hydrogens (tertiary/aromatic N) is 3. The van der Waals surface area contributed by atoms with Gasteiger partial charge in [0.2, 0.25) is 5.89 Å². The first-order chi connectivity index (χ1) is 13.0. The Hall–Kier alpha value is -2.48. The number of anilines is 1. The normalized spacial score (nSPS) is 21.6. The van der Waals surface area contributed by atoms with Gasteiger partial charge >= 0.3 is 6.03 Å². The van der Waals surface area contributed by atoms with Gasteiger partial charge in [-0.25, -0.2) is 9.18 Å². The van der Waals surface area contributed by atoms with Gasteiger partial charge in [0.25, 0.3) is 0 Å². The minimum atomic E-state index is -0.339. The zero-order valence-electron chi connectivity index (χ0n) is 15.5. The second kappa shape index (κ2) is 6.92. The van der Waals surface area contributed by atoms with Crippen LogP contribution in [0.25, 0.3) is 0 Å². The number of likely N-dealkylation sites (tertiary alicyclic amines) is 1. The molecule has 2 amide bonds. The van der Waals surface area contributed by atoms with E-state index in [2.05, 4.69) is 15.5 Å². The van der Waals surface area contributed by atoms with E-state index < -0.39 is 0 Å². The van der Waals surface area contributed by atoms with Crippen LogP contribution in [0, 0.1) is 25.1 Å². The van der Waals surface area contributed by atoms with Crippen LogP contribution in [0.3, 0.4) is 0 Å². The van der Waals surface area contributed by atoms with Crippen molar-refractivity contribution in [3.05, 3.63) is 41.3 Å². The summed E-state index contributed by atoms with van der Waals surface area (Å²) in [5.74, 6) is 0.799. The number of hydrogen-bond donors (Lipinski definition) is 1. The van der Waals surface area contributed by atoms with Crippen molar-refractivity contribution < 1.29 is 18.4 Å². The number of benzene rings is 1. The average molecular weight is 374 g/mol. The predicted octanol–water partition coefficient (Wildman–Crippen LogP) is 3.25. The van der Waals surface area contributed by atoms with Gasteiger partial charge in [0.05, 0.1) is 5.92 Å². The van der Waals surface area contributed by atoms with E-state index in [0.717, 1.165) is 12.8 Å². The molecule has 1 aromatic carbocycles. The SMILES string of the molecule is Cc1noc([C@@H]2CN(C(=O)Nc3cccc(F)c3C)CC23CCOCC3)n1. The largest absolute Gasteiger partial charge is 0.381 e. The smallest absolute Gasteiger partial charge is 0.321 e. The molecule has 144 valence electrons. The van der Waals surface area contributed by atoms with Crippen molar-refractivity contribution in [3.63, 3.8) is 0 Å². The van der Waals surface area contributed by atoms with Crippen molar-refractivity contribution in [2.45, 2.75) is 32.6 Å². The Bertz CT molecular complexity index is 847. The van der Waals surface area contributed by atoms with Crippen LogP contribution < -0.4 is 5.32 Å². The fraction of sp³-hybridized carbons (Fsp3) is 0.526. The Morgan fingerprint density at radius 2 is 2.11 bits per heavy atom. The number of ether oxygens (including phenoxy) is 1. The van der Waals surface area contributed by atoms with Crippen molar-refractivity contribution in [1.82, 2.24) is 15.0 Å². The van der Waals surface area contributed by atoms with Crippen LogP contribution in [0.1, 0.15) is 36.0 Å². The molecule has 0 saturated carbocycles. The molecule has 7 nitrogen and oxygen atoms in total. The molecule has 27 heavy (non-hydrogen) atoms. The highest BCUT2D eigenvalue weighted by Gasteiger charge is 2.51. The molecule has 2 saturated heterocycles. The summed E-state index contributed by atoms with van der Waals surface area (Å²) < 4.78 is 24.8. The van der Waals surface area contributed by atoms with Crippen LogP contribution in [-0.4, -0.2) is 47.4 Å². The Balaban J connectivity index is 1.57. The number of aryl methyl sites for hydroxylation is 1. The van der Waals surface area contributed by atoms with E-state index in [-0.39, 0.29) is 23.2 Å². The van der Waals surface area contributed by atoms with Crippen molar-refractivity contribution in [1.29, 1.82) is 0 Å². The van der Waals surface area contributed by atoms with E-state index in [4.69, 9.17) is 9.26 Å². The van der Waals surface area contributed by atoms with Gasteiger partial charge in [0.15, 0.2) is 5.82 Å². The van der Waals surface area contributed by atoms with Crippen LogP contribution in [0.2, 0.25) is 0 Å². The van der Waals surface area contributed by atoms with E-state index >= 15 is 0 Å². The Labute approximate surface area is 156 Å². The lowest BCUT2D eigenvalue weighted by molar-refractivity contribution is 0.00959. The van der Waals surface area contributed by atoms with Crippen molar-refractivity contribution >= 4 is 11.7 Å². The number of hydrogen-bond acceptors (Lipinski definition) is 5. The molecule has 1 spiro atoms.